The highest BCUT2D eigenvalue weighted by molar-refractivity contribution is 5.88. The van der Waals surface area contributed by atoms with Gasteiger partial charge in [-0.15, -0.1) is 5.10 Å². The molecule has 1 aromatic rings. The van der Waals surface area contributed by atoms with Crippen LogP contribution >= 0.6 is 0 Å². The Hall–Kier alpha value is -1.60. The Balaban J connectivity index is 2.97. The van der Waals surface area contributed by atoms with Crippen LogP contribution in [0.3, 0.4) is 0 Å². The summed E-state index contributed by atoms with van der Waals surface area (Å²) in [6.45, 7) is 4.97. The summed E-state index contributed by atoms with van der Waals surface area (Å²) in [7, 11) is 0. The molecule has 0 aliphatic rings. The molecule has 5 nitrogen and oxygen atoms in total. The lowest BCUT2D eigenvalue weighted by Gasteiger charge is -2.11. The lowest BCUT2D eigenvalue weighted by Crippen LogP contribution is -2.16. The SMILES string of the molecule is CCOC(=O)c1nnn(CCC(F)(F)F)c1C(C)C. The molecule has 8 heteroatoms. The second-order valence-corrected chi connectivity index (χ2v) is 4.29. The van der Waals surface area contributed by atoms with E-state index in [9.17, 15) is 18.0 Å². The zero-order valence-electron chi connectivity index (χ0n) is 11.0. The van der Waals surface area contributed by atoms with E-state index in [4.69, 9.17) is 4.74 Å². The molecule has 0 fully saturated rings. The Morgan fingerprint density at radius 3 is 2.53 bits per heavy atom. The number of hydrogen-bond donors (Lipinski definition) is 0. The van der Waals surface area contributed by atoms with Gasteiger partial charge < -0.3 is 4.74 Å². The number of nitrogens with zero attached hydrogens (tertiary/aromatic N) is 3. The van der Waals surface area contributed by atoms with Gasteiger partial charge in [-0.1, -0.05) is 19.1 Å². The Morgan fingerprint density at radius 1 is 1.42 bits per heavy atom. The van der Waals surface area contributed by atoms with E-state index in [1.165, 1.54) is 0 Å². The molecular formula is C11H16F3N3O2. The molecule has 0 N–H and O–H groups in total. The Kier molecular flexibility index (Phi) is 4.90. The van der Waals surface area contributed by atoms with Crippen molar-refractivity contribution < 1.29 is 22.7 Å². The highest BCUT2D eigenvalue weighted by Gasteiger charge is 2.29. The van der Waals surface area contributed by atoms with Crippen LogP contribution in [-0.4, -0.2) is 33.7 Å². The normalized spacial score (nSPS) is 11.9. The number of aryl methyl sites for hydroxylation is 1. The first-order valence-corrected chi connectivity index (χ1v) is 5.93. The third-order valence-corrected chi connectivity index (χ3v) is 2.40. The summed E-state index contributed by atoms with van der Waals surface area (Å²) < 4.78 is 42.5. The molecule has 0 aromatic carbocycles. The Morgan fingerprint density at radius 2 is 2.05 bits per heavy atom. The summed E-state index contributed by atoms with van der Waals surface area (Å²) in [5, 5.41) is 7.24. The molecule has 0 radical (unpaired) electrons. The summed E-state index contributed by atoms with van der Waals surface area (Å²) in [5.41, 5.74) is 0.349. The summed E-state index contributed by atoms with van der Waals surface area (Å²) in [5.74, 6) is -0.841. The Bertz CT molecular complexity index is 441. The molecule has 0 saturated heterocycles. The van der Waals surface area contributed by atoms with Gasteiger partial charge in [0.05, 0.1) is 25.3 Å². The lowest BCUT2D eigenvalue weighted by atomic mass is 10.1. The topological polar surface area (TPSA) is 57.0 Å². The van der Waals surface area contributed by atoms with E-state index in [0.29, 0.717) is 5.69 Å². The molecule has 0 saturated carbocycles. The predicted molar refractivity (Wildman–Crippen MR) is 60.7 cm³/mol. The number of alkyl halides is 3. The number of hydrogen-bond acceptors (Lipinski definition) is 4. The lowest BCUT2D eigenvalue weighted by molar-refractivity contribution is -0.137. The number of carbonyl (C=O) groups excluding carboxylic acids is 1. The van der Waals surface area contributed by atoms with Gasteiger partial charge in [0.1, 0.15) is 0 Å². The minimum atomic E-state index is -4.27. The first-order chi connectivity index (χ1) is 8.76. The van der Waals surface area contributed by atoms with Gasteiger partial charge >= 0.3 is 12.1 Å². The molecule has 0 amide bonds. The van der Waals surface area contributed by atoms with E-state index in [1.807, 2.05) is 0 Å². The first kappa shape index (κ1) is 15.5. The molecule has 1 aromatic heterocycles. The van der Waals surface area contributed by atoms with Crippen LogP contribution in [-0.2, 0) is 11.3 Å². The van der Waals surface area contributed by atoms with Crippen molar-refractivity contribution in [2.45, 2.75) is 45.8 Å². The summed E-state index contributed by atoms with van der Waals surface area (Å²) >= 11 is 0. The molecule has 1 heterocycles. The van der Waals surface area contributed by atoms with Crippen LogP contribution in [0.2, 0.25) is 0 Å². The quantitative estimate of drug-likeness (QED) is 0.777. The average molecular weight is 279 g/mol. The smallest absolute Gasteiger partial charge is 0.390 e. The minimum Gasteiger partial charge on any atom is -0.461 e. The molecule has 0 aliphatic carbocycles. The molecule has 0 aliphatic heterocycles. The average Bonchev–Trinajstić information content (AvgIpc) is 2.69. The van der Waals surface area contributed by atoms with Gasteiger partial charge in [-0.3, -0.25) is 0 Å². The van der Waals surface area contributed by atoms with Gasteiger partial charge in [0.15, 0.2) is 5.69 Å². The second kappa shape index (κ2) is 6.03. The summed E-state index contributed by atoms with van der Waals surface area (Å²) in [4.78, 5) is 11.6. The molecule has 0 unspecified atom stereocenters. The minimum absolute atomic E-state index is 0.0148. The van der Waals surface area contributed by atoms with E-state index >= 15 is 0 Å². The van der Waals surface area contributed by atoms with Gasteiger partial charge in [-0.05, 0) is 12.8 Å². The van der Waals surface area contributed by atoms with Gasteiger partial charge in [-0.25, -0.2) is 9.48 Å². The highest BCUT2D eigenvalue weighted by atomic mass is 19.4. The predicted octanol–water partition coefficient (Wildman–Crippen LogP) is 2.53. The largest absolute Gasteiger partial charge is 0.461 e. The maximum Gasteiger partial charge on any atom is 0.390 e. The van der Waals surface area contributed by atoms with E-state index in [0.717, 1.165) is 4.68 Å². The molecular weight excluding hydrogens is 263 g/mol. The monoisotopic (exact) mass is 279 g/mol. The van der Waals surface area contributed by atoms with Crippen LogP contribution in [0, 0.1) is 0 Å². The number of halogens is 3. The van der Waals surface area contributed by atoms with Crippen LogP contribution in [0.4, 0.5) is 13.2 Å². The van der Waals surface area contributed by atoms with Crippen LogP contribution in [0.1, 0.15) is 49.3 Å². The van der Waals surface area contributed by atoms with Crippen molar-refractivity contribution in [3.8, 4) is 0 Å². The molecule has 0 spiro atoms. The van der Waals surface area contributed by atoms with Gasteiger partial charge in [0, 0.05) is 0 Å². The fourth-order valence-electron chi connectivity index (χ4n) is 1.63. The maximum absolute atomic E-state index is 12.2. The zero-order chi connectivity index (χ0) is 14.6. The van der Waals surface area contributed by atoms with Crippen LogP contribution in [0.5, 0.6) is 0 Å². The standard InChI is InChI=1S/C11H16F3N3O2/c1-4-19-10(18)8-9(7(2)3)17(16-15-8)6-5-11(12,13)14/h7H,4-6H2,1-3H3. The van der Waals surface area contributed by atoms with E-state index in [1.54, 1.807) is 20.8 Å². The number of ether oxygens (including phenoxy) is 1. The summed E-state index contributed by atoms with van der Waals surface area (Å²) in [6, 6.07) is 0. The maximum atomic E-state index is 12.2. The fourth-order valence-corrected chi connectivity index (χ4v) is 1.63. The number of esters is 1. The van der Waals surface area contributed by atoms with Crippen molar-refractivity contribution >= 4 is 5.97 Å². The number of carbonyl (C=O) groups is 1. The van der Waals surface area contributed by atoms with Crippen LogP contribution in [0.15, 0.2) is 0 Å². The van der Waals surface area contributed by atoms with Crippen LogP contribution < -0.4 is 0 Å². The van der Waals surface area contributed by atoms with E-state index < -0.39 is 18.6 Å². The van der Waals surface area contributed by atoms with Crippen molar-refractivity contribution in [3.05, 3.63) is 11.4 Å². The Labute approximate surface area is 108 Å². The molecule has 0 atom stereocenters. The molecule has 19 heavy (non-hydrogen) atoms. The molecule has 1 rings (SSSR count). The van der Waals surface area contributed by atoms with E-state index in [-0.39, 0.29) is 24.8 Å². The van der Waals surface area contributed by atoms with Gasteiger partial charge in [0.25, 0.3) is 0 Å². The van der Waals surface area contributed by atoms with Crippen molar-refractivity contribution in [3.63, 3.8) is 0 Å². The van der Waals surface area contributed by atoms with Crippen molar-refractivity contribution in [1.82, 2.24) is 15.0 Å². The zero-order valence-corrected chi connectivity index (χ0v) is 11.0. The third-order valence-electron chi connectivity index (χ3n) is 2.40. The van der Waals surface area contributed by atoms with Crippen molar-refractivity contribution in [2.24, 2.45) is 0 Å². The highest BCUT2D eigenvalue weighted by Crippen LogP contribution is 2.23. The van der Waals surface area contributed by atoms with Gasteiger partial charge in [0.2, 0.25) is 0 Å². The number of rotatable bonds is 5. The van der Waals surface area contributed by atoms with Crippen molar-refractivity contribution in [2.75, 3.05) is 6.61 Å². The first-order valence-electron chi connectivity index (χ1n) is 5.93. The third kappa shape index (κ3) is 4.22. The second-order valence-electron chi connectivity index (χ2n) is 4.29. The van der Waals surface area contributed by atoms with Crippen molar-refractivity contribution in [1.29, 1.82) is 0 Å². The van der Waals surface area contributed by atoms with E-state index in [2.05, 4.69) is 10.3 Å². The molecule has 0 bridgehead atoms. The number of aromatic nitrogens is 3. The fraction of sp³-hybridized carbons (Fsp3) is 0.727. The summed E-state index contributed by atoms with van der Waals surface area (Å²) in [6.07, 6.45) is -5.29. The van der Waals surface area contributed by atoms with Gasteiger partial charge in [-0.2, -0.15) is 13.2 Å². The van der Waals surface area contributed by atoms with Crippen LogP contribution in [0.25, 0.3) is 0 Å². The molecule has 108 valence electrons.